The minimum atomic E-state index is -2.75. The van der Waals surface area contributed by atoms with Gasteiger partial charge in [0.05, 0.1) is 0 Å². The molecular weight excluding hydrogens is 134 g/mol. The summed E-state index contributed by atoms with van der Waals surface area (Å²) in [4.78, 5) is 9.56. The van der Waals surface area contributed by atoms with Crippen molar-refractivity contribution in [2.45, 2.75) is 19.5 Å². The molecule has 0 radical (unpaired) electrons. The molecule has 0 saturated heterocycles. The molecule has 0 spiro atoms. The van der Waals surface area contributed by atoms with Crippen LogP contribution in [0, 0.1) is 0 Å². The highest BCUT2D eigenvalue weighted by molar-refractivity contribution is 5.57. The zero-order valence-corrected chi connectivity index (χ0v) is 4.67. The Bertz CT molecular complexity index is 104. The Morgan fingerprint density at radius 2 is 2.11 bits per heavy atom. The Hall–Kier alpha value is -0.870. The molecule has 3 nitrogen and oxygen atoms in total. The molecular formula is C4H6F2O3. The van der Waals surface area contributed by atoms with Crippen molar-refractivity contribution in [1.29, 1.82) is 0 Å². The molecule has 0 aliphatic carbocycles. The van der Waals surface area contributed by atoms with Crippen LogP contribution in [0.3, 0.4) is 0 Å². The maximum absolute atomic E-state index is 11.4. The van der Waals surface area contributed by atoms with E-state index in [-0.39, 0.29) is 0 Å². The van der Waals surface area contributed by atoms with Crippen molar-refractivity contribution in [2.75, 3.05) is 0 Å². The predicted octanol–water partition coefficient (Wildman–Crippen LogP) is 1.33. The third-order valence-corrected chi connectivity index (χ3v) is 0.642. The summed E-state index contributed by atoms with van der Waals surface area (Å²) in [7, 11) is 0. The van der Waals surface area contributed by atoms with Crippen LogP contribution in [0.4, 0.5) is 13.6 Å². The van der Waals surface area contributed by atoms with Gasteiger partial charge in [-0.3, -0.25) is 0 Å². The van der Waals surface area contributed by atoms with Gasteiger partial charge in [0, 0.05) is 0 Å². The average Bonchev–Trinajstić information content (AvgIpc) is 1.63. The molecule has 0 saturated carbocycles. The first kappa shape index (κ1) is 8.13. The second-order valence-corrected chi connectivity index (χ2v) is 1.42. The zero-order valence-electron chi connectivity index (χ0n) is 4.67. The van der Waals surface area contributed by atoms with Crippen LogP contribution in [0.25, 0.3) is 0 Å². The molecule has 0 amide bonds. The van der Waals surface area contributed by atoms with Crippen LogP contribution in [-0.2, 0) is 4.74 Å². The van der Waals surface area contributed by atoms with E-state index in [2.05, 4.69) is 4.74 Å². The van der Waals surface area contributed by atoms with Crippen molar-refractivity contribution in [3.63, 3.8) is 0 Å². The number of hydrogen-bond donors (Lipinski definition) is 1. The lowest BCUT2D eigenvalue weighted by molar-refractivity contribution is -0.0263. The van der Waals surface area contributed by atoms with Gasteiger partial charge in [0.1, 0.15) is 0 Å². The van der Waals surface area contributed by atoms with Gasteiger partial charge < -0.3 is 9.84 Å². The third kappa shape index (κ3) is 3.69. The first-order valence-electron chi connectivity index (χ1n) is 2.21. The molecule has 5 heteroatoms. The Morgan fingerprint density at radius 3 is 2.22 bits per heavy atom. The highest BCUT2D eigenvalue weighted by Gasteiger charge is 2.17. The van der Waals surface area contributed by atoms with E-state index in [1.165, 1.54) is 0 Å². The number of carboxylic acid groups (broad SMARTS) is 1. The molecule has 0 heterocycles. The van der Waals surface area contributed by atoms with Gasteiger partial charge in [0.25, 0.3) is 6.43 Å². The van der Waals surface area contributed by atoms with Gasteiger partial charge in [-0.2, -0.15) is 0 Å². The van der Waals surface area contributed by atoms with E-state index in [1.807, 2.05) is 0 Å². The van der Waals surface area contributed by atoms with Crippen molar-refractivity contribution < 1.29 is 23.4 Å². The molecule has 1 atom stereocenters. The first-order valence-corrected chi connectivity index (χ1v) is 2.21. The largest absolute Gasteiger partial charge is 0.506 e. The van der Waals surface area contributed by atoms with Crippen molar-refractivity contribution >= 4 is 6.16 Å². The lowest BCUT2D eigenvalue weighted by Crippen LogP contribution is -2.20. The van der Waals surface area contributed by atoms with Crippen LogP contribution in [0.15, 0.2) is 0 Å². The van der Waals surface area contributed by atoms with E-state index in [0.717, 1.165) is 6.92 Å². The molecule has 54 valence electrons. The Kier molecular flexibility index (Phi) is 2.90. The zero-order chi connectivity index (χ0) is 7.44. The standard InChI is InChI=1S/C4H6F2O3/c1-2(3(5)6)9-4(7)8/h2-3H,1H3,(H,7,8). The lowest BCUT2D eigenvalue weighted by atomic mass is 10.4. The quantitative estimate of drug-likeness (QED) is 0.588. The van der Waals surface area contributed by atoms with Crippen LogP contribution in [0.2, 0.25) is 0 Å². The summed E-state index contributed by atoms with van der Waals surface area (Å²) in [6.07, 6.45) is -5.97. The summed E-state index contributed by atoms with van der Waals surface area (Å²) >= 11 is 0. The van der Waals surface area contributed by atoms with Crippen LogP contribution in [0.5, 0.6) is 0 Å². The van der Waals surface area contributed by atoms with E-state index >= 15 is 0 Å². The van der Waals surface area contributed by atoms with Crippen LogP contribution >= 0.6 is 0 Å². The molecule has 1 unspecified atom stereocenters. The van der Waals surface area contributed by atoms with E-state index in [9.17, 15) is 13.6 Å². The maximum atomic E-state index is 11.4. The minimum absolute atomic E-state index is 0.985. The highest BCUT2D eigenvalue weighted by atomic mass is 19.3. The Morgan fingerprint density at radius 1 is 1.67 bits per heavy atom. The lowest BCUT2D eigenvalue weighted by Gasteiger charge is -2.07. The smallest absolute Gasteiger partial charge is 0.450 e. The summed E-state index contributed by atoms with van der Waals surface area (Å²) in [5.41, 5.74) is 0. The maximum Gasteiger partial charge on any atom is 0.506 e. The SMILES string of the molecule is CC(OC(=O)O)C(F)F. The van der Waals surface area contributed by atoms with Crippen molar-refractivity contribution in [1.82, 2.24) is 0 Å². The van der Waals surface area contributed by atoms with Gasteiger partial charge in [0.15, 0.2) is 6.10 Å². The number of rotatable bonds is 2. The fourth-order valence-corrected chi connectivity index (χ4v) is 0.210. The molecule has 0 fully saturated rings. The van der Waals surface area contributed by atoms with Crippen LogP contribution in [0.1, 0.15) is 6.92 Å². The number of carbonyl (C=O) groups is 1. The van der Waals surface area contributed by atoms with Gasteiger partial charge in [-0.25, -0.2) is 13.6 Å². The monoisotopic (exact) mass is 140 g/mol. The van der Waals surface area contributed by atoms with Crippen LogP contribution in [-0.4, -0.2) is 23.8 Å². The fourth-order valence-electron chi connectivity index (χ4n) is 0.210. The van der Waals surface area contributed by atoms with E-state index in [0.29, 0.717) is 0 Å². The van der Waals surface area contributed by atoms with Crippen molar-refractivity contribution in [2.24, 2.45) is 0 Å². The van der Waals surface area contributed by atoms with Gasteiger partial charge in [-0.05, 0) is 6.92 Å². The van der Waals surface area contributed by atoms with Gasteiger partial charge in [-0.15, -0.1) is 0 Å². The van der Waals surface area contributed by atoms with Crippen molar-refractivity contribution in [3.8, 4) is 0 Å². The first-order chi connectivity index (χ1) is 4.04. The molecule has 0 aliphatic rings. The molecule has 0 rings (SSSR count). The van der Waals surface area contributed by atoms with Gasteiger partial charge >= 0.3 is 6.16 Å². The molecule has 0 aromatic rings. The summed E-state index contributed by atoms with van der Waals surface area (Å²) in [5, 5.41) is 7.78. The average molecular weight is 140 g/mol. The highest BCUT2D eigenvalue weighted by Crippen LogP contribution is 2.03. The number of alkyl halides is 2. The van der Waals surface area contributed by atoms with E-state index in [4.69, 9.17) is 5.11 Å². The number of hydrogen-bond acceptors (Lipinski definition) is 2. The summed E-state index contributed by atoms with van der Waals surface area (Å²) in [6, 6.07) is 0. The minimum Gasteiger partial charge on any atom is -0.450 e. The van der Waals surface area contributed by atoms with E-state index in [1.54, 1.807) is 0 Å². The topological polar surface area (TPSA) is 46.5 Å². The van der Waals surface area contributed by atoms with Crippen molar-refractivity contribution in [3.05, 3.63) is 0 Å². The molecule has 0 aliphatic heterocycles. The number of ether oxygens (including phenoxy) is 1. The summed E-state index contributed by atoms with van der Waals surface area (Å²) in [6.45, 7) is 0.985. The predicted molar refractivity (Wildman–Crippen MR) is 24.6 cm³/mol. The van der Waals surface area contributed by atoms with Gasteiger partial charge in [0.2, 0.25) is 0 Å². The second-order valence-electron chi connectivity index (χ2n) is 1.42. The molecule has 0 aromatic heterocycles. The van der Waals surface area contributed by atoms with E-state index < -0.39 is 18.7 Å². The summed E-state index contributed by atoms with van der Waals surface area (Å²) < 4.78 is 26.5. The Labute approximate surface area is 50.2 Å². The molecule has 1 N–H and O–H groups in total. The molecule has 0 bridgehead atoms. The van der Waals surface area contributed by atoms with Gasteiger partial charge in [-0.1, -0.05) is 0 Å². The Balaban J connectivity index is 3.50. The molecule has 9 heavy (non-hydrogen) atoms. The summed E-state index contributed by atoms with van der Waals surface area (Å²) in [5.74, 6) is 0. The fraction of sp³-hybridized carbons (Fsp3) is 0.750. The number of halogens is 2. The second kappa shape index (κ2) is 3.21. The molecule has 0 aromatic carbocycles. The third-order valence-electron chi connectivity index (χ3n) is 0.642. The van der Waals surface area contributed by atoms with Crippen LogP contribution < -0.4 is 0 Å². The normalized spacial score (nSPS) is 13.3.